The molecule has 0 spiro atoms. The van der Waals surface area contributed by atoms with E-state index in [0.29, 0.717) is 16.9 Å². The van der Waals surface area contributed by atoms with Crippen LogP contribution < -0.4 is 9.47 Å². The van der Waals surface area contributed by atoms with Crippen LogP contribution in [0, 0.1) is 23.3 Å². The van der Waals surface area contributed by atoms with Crippen molar-refractivity contribution in [1.29, 1.82) is 0 Å². The van der Waals surface area contributed by atoms with Crippen molar-refractivity contribution in [3.63, 3.8) is 0 Å². The maximum atomic E-state index is 14.5. The lowest BCUT2D eigenvalue weighted by Crippen LogP contribution is -2.47. The van der Waals surface area contributed by atoms with Gasteiger partial charge in [-0.3, -0.25) is 0 Å². The van der Waals surface area contributed by atoms with Gasteiger partial charge in [-0.05, 0) is 59.7 Å². The fraction of sp³-hybridized carbons (Fsp3) is 0.0571. The highest BCUT2D eigenvalue weighted by Gasteiger charge is 2.47. The van der Waals surface area contributed by atoms with E-state index in [1.165, 1.54) is 54.6 Å². The topological polar surface area (TPSA) is 44.8 Å². The fourth-order valence-corrected chi connectivity index (χ4v) is 4.41. The maximum absolute atomic E-state index is 14.5. The Morgan fingerprint density at radius 3 is 1.72 bits per heavy atom. The summed E-state index contributed by atoms with van der Waals surface area (Å²) in [5.74, 6) is -5.57. The molecule has 0 fully saturated rings. The van der Waals surface area contributed by atoms with Crippen LogP contribution in [0.2, 0.25) is 0 Å². The normalized spacial score (nSPS) is 12.3. The Balaban J connectivity index is 1.51. The molecule has 0 aliphatic carbocycles. The summed E-state index contributed by atoms with van der Waals surface area (Å²) in [5, 5.41) is 0. The second-order valence-electron chi connectivity index (χ2n) is 9.37. The monoisotopic (exact) mass is 584 g/mol. The van der Waals surface area contributed by atoms with Crippen molar-refractivity contribution in [1.82, 2.24) is 0 Å². The van der Waals surface area contributed by atoms with Gasteiger partial charge < -0.3 is 14.2 Å². The van der Waals surface area contributed by atoms with Gasteiger partial charge in [-0.15, -0.1) is 6.58 Å². The summed E-state index contributed by atoms with van der Waals surface area (Å²) >= 11 is 0. The van der Waals surface area contributed by atoms with Crippen LogP contribution in [0.25, 0.3) is 22.3 Å². The van der Waals surface area contributed by atoms with Crippen molar-refractivity contribution < 1.29 is 36.6 Å². The number of rotatable bonds is 10. The molecule has 1 atom stereocenters. The van der Waals surface area contributed by atoms with Gasteiger partial charge in [0.1, 0.15) is 34.8 Å². The maximum Gasteiger partial charge on any atom is 0.390 e. The molecule has 0 N–H and O–H groups in total. The highest BCUT2D eigenvalue weighted by molar-refractivity contribution is 5.83. The molecule has 5 aromatic carbocycles. The van der Waals surface area contributed by atoms with Crippen molar-refractivity contribution in [3.05, 3.63) is 157 Å². The number of esters is 1. The predicted molar refractivity (Wildman–Crippen MR) is 154 cm³/mol. The van der Waals surface area contributed by atoms with Crippen LogP contribution in [0.15, 0.2) is 128 Å². The van der Waals surface area contributed by atoms with Gasteiger partial charge in [0.2, 0.25) is 0 Å². The van der Waals surface area contributed by atoms with Crippen LogP contribution in [-0.4, -0.2) is 12.6 Å². The van der Waals surface area contributed by atoms with Gasteiger partial charge in [-0.2, -0.15) is 0 Å². The third-order valence-corrected chi connectivity index (χ3v) is 6.49. The minimum Gasteiger partial charge on any atom is -0.448 e. The van der Waals surface area contributed by atoms with E-state index in [2.05, 4.69) is 6.58 Å². The molecule has 0 radical (unpaired) electrons. The standard InChI is InChI=1S/C35H24F4O4/c1-2-20-41-35(43-29-6-4-3-5-7-29,25-12-8-23(9-13-25)30-18-14-26(36)21-32(30)38)34(40)42-28-16-10-24(11-17-28)31-19-15-27(37)22-33(31)39/h2-19,21-22H,1,20H2. The van der Waals surface area contributed by atoms with Crippen molar-refractivity contribution in [3.8, 4) is 33.8 Å². The molecule has 4 nitrogen and oxygen atoms in total. The summed E-state index contributed by atoms with van der Waals surface area (Å²) in [5.41, 5.74) is 1.42. The van der Waals surface area contributed by atoms with Crippen molar-refractivity contribution in [2.45, 2.75) is 5.79 Å². The van der Waals surface area contributed by atoms with Crippen LogP contribution in [-0.2, 0) is 15.3 Å². The SMILES string of the molecule is C=CCOC(Oc1ccccc1)(C(=O)Oc1ccc(-c2ccc(F)cc2F)cc1)c1ccc(-c2ccc(F)cc2F)cc1. The van der Waals surface area contributed by atoms with Crippen molar-refractivity contribution in [2.24, 2.45) is 0 Å². The molecule has 5 rings (SSSR count). The Morgan fingerprint density at radius 2 is 1.21 bits per heavy atom. The third kappa shape index (κ3) is 6.50. The summed E-state index contributed by atoms with van der Waals surface area (Å²) < 4.78 is 73.4. The largest absolute Gasteiger partial charge is 0.448 e. The van der Waals surface area contributed by atoms with E-state index in [1.54, 1.807) is 42.5 Å². The van der Waals surface area contributed by atoms with Gasteiger partial charge in [-0.1, -0.05) is 60.7 Å². The highest BCUT2D eigenvalue weighted by Crippen LogP contribution is 2.35. The number of benzene rings is 5. The lowest BCUT2D eigenvalue weighted by molar-refractivity contribution is -0.211. The molecule has 0 saturated heterocycles. The van der Waals surface area contributed by atoms with Crippen molar-refractivity contribution >= 4 is 5.97 Å². The Hall–Kier alpha value is -5.21. The molecule has 0 aromatic heterocycles. The van der Waals surface area contributed by atoms with Gasteiger partial charge in [0.05, 0.1) is 6.61 Å². The molecule has 0 amide bonds. The molecule has 216 valence electrons. The van der Waals surface area contributed by atoms with Crippen LogP contribution in [0.4, 0.5) is 17.6 Å². The van der Waals surface area contributed by atoms with E-state index in [9.17, 15) is 22.4 Å². The summed E-state index contributed by atoms with van der Waals surface area (Å²) in [6.45, 7) is 3.56. The first-order valence-electron chi connectivity index (χ1n) is 13.1. The first kappa shape index (κ1) is 29.3. The fourth-order valence-electron chi connectivity index (χ4n) is 4.41. The molecule has 0 saturated carbocycles. The van der Waals surface area contributed by atoms with E-state index in [4.69, 9.17) is 14.2 Å². The van der Waals surface area contributed by atoms with Crippen LogP contribution in [0.5, 0.6) is 11.5 Å². The molecular formula is C35H24F4O4. The molecular weight excluding hydrogens is 560 g/mol. The quantitative estimate of drug-likeness (QED) is 0.0542. The van der Waals surface area contributed by atoms with E-state index >= 15 is 0 Å². The zero-order valence-electron chi connectivity index (χ0n) is 22.6. The summed E-state index contributed by atoms with van der Waals surface area (Å²) in [6, 6.07) is 27.1. The Kier molecular flexibility index (Phi) is 8.69. The lowest BCUT2D eigenvalue weighted by Gasteiger charge is -2.32. The van der Waals surface area contributed by atoms with E-state index < -0.39 is 35.0 Å². The number of carbonyl (C=O) groups is 1. The van der Waals surface area contributed by atoms with E-state index in [1.807, 2.05) is 0 Å². The number of carbonyl (C=O) groups excluding carboxylic acids is 1. The zero-order chi connectivity index (χ0) is 30.4. The Bertz CT molecular complexity index is 1740. The smallest absolute Gasteiger partial charge is 0.390 e. The average Bonchev–Trinajstić information content (AvgIpc) is 3.00. The minimum atomic E-state index is -2.14. The molecule has 0 heterocycles. The Labute approximate surface area is 245 Å². The molecule has 8 heteroatoms. The second-order valence-corrected chi connectivity index (χ2v) is 9.37. The molecule has 0 bridgehead atoms. The molecule has 0 aliphatic heterocycles. The van der Waals surface area contributed by atoms with Gasteiger partial charge in [0.25, 0.3) is 0 Å². The first-order chi connectivity index (χ1) is 20.8. The first-order valence-corrected chi connectivity index (χ1v) is 13.1. The highest BCUT2D eigenvalue weighted by atomic mass is 19.1. The molecule has 0 aliphatic rings. The zero-order valence-corrected chi connectivity index (χ0v) is 22.6. The van der Waals surface area contributed by atoms with Gasteiger partial charge >= 0.3 is 11.8 Å². The van der Waals surface area contributed by atoms with Gasteiger partial charge in [0, 0.05) is 28.8 Å². The lowest BCUT2D eigenvalue weighted by atomic mass is 9.99. The Morgan fingerprint density at radius 1 is 0.674 bits per heavy atom. The van der Waals surface area contributed by atoms with Crippen LogP contribution in [0.1, 0.15) is 5.56 Å². The molecule has 43 heavy (non-hydrogen) atoms. The molecule has 1 unspecified atom stereocenters. The summed E-state index contributed by atoms with van der Waals surface area (Å²) in [6.07, 6.45) is 1.44. The second kappa shape index (κ2) is 12.8. The van der Waals surface area contributed by atoms with Gasteiger partial charge in [-0.25, -0.2) is 22.4 Å². The number of para-hydroxylation sites is 1. The number of hydrogen-bond donors (Lipinski definition) is 0. The van der Waals surface area contributed by atoms with Gasteiger partial charge in [0.15, 0.2) is 0 Å². The minimum absolute atomic E-state index is 0.101. The van der Waals surface area contributed by atoms with Crippen LogP contribution in [0.3, 0.4) is 0 Å². The number of halogens is 4. The summed E-state index contributed by atoms with van der Waals surface area (Å²) in [7, 11) is 0. The number of hydrogen-bond acceptors (Lipinski definition) is 4. The van der Waals surface area contributed by atoms with Crippen molar-refractivity contribution in [2.75, 3.05) is 6.61 Å². The average molecular weight is 585 g/mol. The van der Waals surface area contributed by atoms with E-state index in [-0.39, 0.29) is 29.0 Å². The van der Waals surface area contributed by atoms with Crippen LogP contribution >= 0.6 is 0 Å². The molecule has 5 aromatic rings. The number of ether oxygens (including phenoxy) is 3. The summed E-state index contributed by atoms with van der Waals surface area (Å²) in [4.78, 5) is 13.9. The van der Waals surface area contributed by atoms with E-state index in [0.717, 1.165) is 24.3 Å². The third-order valence-electron chi connectivity index (χ3n) is 6.49. The predicted octanol–water partition coefficient (Wildman–Crippen LogP) is 8.62.